The van der Waals surface area contributed by atoms with Crippen LogP contribution in [0.1, 0.15) is 11.1 Å². The molecule has 0 unspecified atom stereocenters. The molecular weight excluding hydrogens is 571 g/mol. The molecule has 3 aromatic carbocycles. The molecule has 0 aliphatic rings. The monoisotopic (exact) mass is 588 g/mol. The molecule has 0 radical (unpaired) electrons. The molecule has 0 fully saturated rings. The van der Waals surface area contributed by atoms with E-state index in [2.05, 4.69) is 43.8 Å². The Morgan fingerprint density at radius 2 is 1.87 bits per heavy atom. The average molecular weight is 589 g/mol. The normalized spacial score (nSPS) is 10.8. The molecule has 0 heterocycles. The minimum Gasteiger partial charge on any atom is -0.497 e. The molecular formula is C24H18BrIN2O3. The molecule has 5 nitrogen and oxygen atoms in total. The van der Waals surface area contributed by atoms with E-state index in [-0.39, 0.29) is 5.57 Å². The number of rotatable bonds is 7. The van der Waals surface area contributed by atoms with E-state index < -0.39 is 5.91 Å². The molecule has 0 spiro atoms. The van der Waals surface area contributed by atoms with Gasteiger partial charge in [-0.2, -0.15) is 5.26 Å². The number of methoxy groups -OCH3 is 1. The summed E-state index contributed by atoms with van der Waals surface area (Å²) < 4.78 is 12.7. The van der Waals surface area contributed by atoms with Gasteiger partial charge in [0.15, 0.2) is 0 Å². The third kappa shape index (κ3) is 6.32. The van der Waals surface area contributed by atoms with Crippen molar-refractivity contribution in [3.8, 4) is 17.6 Å². The highest BCUT2D eigenvalue weighted by Gasteiger charge is 2.13. The molecule has 0 aliphatic carbocycles. The van der Waals surface area contributed by atoms with Gasteiger partial charge in [0, 0.05) is 5.69 Å². The quantitative estimate of drug-likeness (QED) is 0.203. The summed E-state index contributed by atoms with van der Waals surface area (Å²) in [4.78, 5) is 12.5. The van der Waals surface area contributed by atoms with Gasteiger partial charge in [0.1, 0.15) is 29.7 Å². The number of carbonyl (C=O) groups excluding carboxylic acids is 1. The van der Waals surface area contributed by atoms with E-state index in [1.165, 1.54) is 0 Å². The van der Waals surface area contributed by atoms with Crippen LogP contribution in [0, 0.1) is 14.9 Å². The Kier molecular flexibility index (Phi) is 8.09. The van der Waals surface area contributed by atoms with Crippen LogP contribution in [0.5, 0.6) is 11.5 Å². The Balaban J connectivity index is 1.75. The Hall–Kier alpha value is -2.83. The highest BCUT2D eigenvalue weighted by Crippen LogP contribution is 2.33. The fourth-order valence-electron chi connectivity index (χ4n) is 2.72. The number of hydrogen-bond donors (Lipinski definition) is 1. The number of ether oxygens (including phenoxy) is 2. The number of halogens is 2. The topological polar surface area (TPSA) is 71.3 Å². The smallest absolute Gasteiger partial charge is 0.266 e. The second-order valence-corrected chi connectivity index (χ2v) is 8.46. The number of carbonyl (C=O) groups is 1. The highest BCUT2D eigenvalue weighted by molar-refractivity contribution is 14.1. The molecule has 31 heavy (non-hydrogen) atoms. The van der Waals surface area contributed by atoms with Gasteiger partial charge in [-0.1, -0.05) is 30.3 Å². The molecule has 1 N–H and O–H groups in total. The first-order chi connectivity index (χ1) is 15.0. The lowest BCUT2D eigenvalue weighted by atomic mass is 10.1. The van der Waals surface area contributed by atoms with Crippen LogP contribution in [0.25, 0.3) is 6.08 Å². The van der Waals surface area contributed by atoms with E-state index in [4.69, 9.17) is 9.47 Å². The summed E-state index contributed by atoms with van der Waals surface area (Å²) in [6, 6.07) is 22.4. The van der Waals surface area contributed by atoms with Crippen molar-refractivity contribution in [3.05, 3.63) is 91.5 Å². The number of amides is 1. The first-order valence-electron chi connectivity index (χ1n) is 9.23. The molecule has 0 aliphatic heterocycles. The number of nitrogens with one attached hydrogen (secondary N) is 1. The van der Waals surface area contributed by atoms with Gasteiger partial charge in [0.25, 0.3) is 5.91 Å². The van der Waals surface area contributed by atoms with Crippen LogP contribution in [-0.4, -0.2) is 13.0 Å². The minimum atomic E-state index is -0.483. The van der Waals surface area contributed by atoms with Gasteiger partial charge >= 0.3 is 0 Å². The molecule has 7 heteroatoms. The van der Waals surface area contributed by atoms with Crippen molar-refractivity contribution in [2.45, 2.75) is 6.61 Å². The second kappa shape index (κ2) is 11.0. The predicted octanol–water partition coefficient (Wildman–Crippen LogP) is 6.19. The van der Waals surface area contributed by atoms with Crippen molar-refractivity contribution >= 4 is 56.2 Å². The van der Waals surface area contributed by atoms with Gasteiger partial charge in [0.2, 0.25) is 0 Å². The summed E-state index contributed by atoms with van der Waals surface area (Å²) in [5, 5.41) is 12.2. The molecule has 3 aromatic rings. The lowest BCUT2D eigenvalue weighted by molar-refractivity contribution is -0.112. The third-order valence-electron chi connectivity index (χ3n) is 4.27. The van der Waals surface area contributed by atoms with E-state index in [9.17, 15) is 10.1 Å². The van der Waals surface area contributed by atoms with Crippen molar-refractivity contribution in [1.82, 2.24) is 0 Å². The summed E-state index contributed by atoms with van der Waals surface area (Å²) in [7, 11) is 1.57. The summed E-state index contributed by atoms with van der Waals surface area (Å²) >= 11 is 5.71. The van der Waals surface area contributed by atoms with Gasteiger partial charge in [-0.25, -0.2) is 0 Å². The van der Waals surface area contributed by atoms with Crippen LogP contribution in [0.15, 0.2) is 76.8 Å². The van der Waals surface area contributed by atoms with E-state index >= 15 is 0 Å². The zero-order valence-corrected chi connectivity index (χ0v) is 20.3. The van der Waals surface area contributed by atoms with Gasteiger partial charge in [0.05, 0.1) is 15.2 Å². The second-order valence-electron chi connectivity index (χ2n) is 6.44. The number of anilines is 1. The zero-order chi connectivity index (χ0) is 22.2. The molecule has 1 amide bonds. The van der Waals surface area contributed by atoms with Crippen LogP contribution >= 0.6 is 38.5 Å². The Morgan fingerprint density at radius 1 is 1.16 bits per heavy atom. The Labute approximate surface area is 203 Å². The average Bonchev–Trinajstić information content (AvgIpc) is 2.78. The molecule has 0 saturated carbocycles. The number of hydrogen-bond acceptors (Lipinski definition) is 4. The molecule has 156 valence electrons. The van der Waals surface area contributed by atoms with E-state index in [1.807, 2.05) is 48.5 Å². The Morgan fingerprint density at radius 3 is 2.48 bits per heavy atom. The van der Waals surface area contributed by atoms with E-state index in [0.717, 1.165) is 13.6 Å². The van der Waals surface area contributed by atoms with Gasteiger partial charge in [-0.3, -0.25) is 4.79 Å². The van der Waals surface area contributed by atoms with E-state index in [1.54, 1.807) is 37.5 Å². The summed E-state index contributed by atoms with van der Waals surface area (Å²) in [6.07, 6.45) is 1.55. The Bertz CT molecular complexity index is 1120. The van der Waals surface area contributed by atoms with Crippen LogP contribution in [0.3, 0.4) is 0 Å². The summed E-state index contributed by atoms with van der Waals surface area (Å²) in [5.41, 5.74) is 2.35. The molecule has 0 atom stereocenters. The molecule has 3 rings (SSSR count). The minimum absolute atomic E-state index is 0.00327. The van der Waals surface area contributed by atoms with Crippen molar-refractivity contribution in [2.24, 2.45) is 0 Å². The van der Waals surface area contributed by atoms with Gasteiger partial charge in [-0.15, -0.1) is 0 Å². The molecule has 0 bridgehead atoms. The fourth-order valence-corrected chi connectivity index (χ4v) is 4.49. The van der Waals surface area contributed by atoms with Crippen molar-refractivity contribution in [1.29, 1.82) is 5.26 Å². The number of benzene rings is 3. The fraction of sp³-hybridized carbons (Fsp3) is 0.0833. The maximum atomic E-state index is 12.5. The molecule has 0 aromatic heterocycles. The van der Waals surface area contributed by atoms with Crippen LogP contribution in [0.2, 0.25) is 0 Å². The summed E-state index contributed by atoms with van der Waals surface area (Å²) in [6.45, 7) is 0.443. The van der Waals surface area contributed by atoms with Crippen LogP contribution < -0.4 is 14.8 Å². The third-order valence-corrected chi connectivity index (χ3v) is 5.66. The number of nitriles is 1. The lowest BCUT2D eigenvalue weighted by Gasteiger charge is -2.12. The van der Waals surface area contributed by atoms with Crippen LogP contribution in [-0.2, 0) is 11.4 Å². The number of nitrogens with zero attached hydrogens (tertiary/aromatic N) is 1. The maximum absolute atomic E-state index is 12.5. The van der Waals surface area contributed by atoms with Crippen molar-refractivity contribution in [2.75, 3.05) is 12.4 Å². The van der Waals surface area contributed by atoms with Crippen molar-refractivity contribution < 1.29 is 14.3 Å². The van der Waals surface area contributed by atoms with Gasteiger partial charge in [-0.05, 0) is 92.1 Å². The predicted molar refractivity (Wildman–Crippen MR) is 133 cm³/mol. The highest BCUT2D eigenvalue weighted by atomic mass is 127. The van der Waals surface area contributed by atoms with Crippen LogP contribution in [0.4, 0.5) is 5.69 Å². The first kappa shape index (κ1) is 22.8. The lowest BCUT2D eigenvalue weighted by Crippen LogP contribution is -2.13. The maximum Gasteiger partial charge on any atom is 0.266 e. The zero-order valence-electron chi connectivity index (χ0n) is 16.6. The SMILES string of the molecule is COc1ccc(NC(=O)/C(C#N)=C\c2cc(Br)c(OCc3ccccc3)c(I)c2)cc1. The largest absolute Gasteiger partial charge is 0.497 e. The van der Waals surface area contributed by atoms with E-state index in [0.29, 0.717) is 29.4 Å². The van der Waals surface area contributed by atoms with Gasteiger partial charge < -0.3 is 14.8 Å². The standard InChI is InChI=1S/C24H18BrIN2O3/c1-30-20-9-7-19(8-10-20)28-24(29)18(14-27)11-17-12-21(25)23(22(26)13-17)31-15-16-5-3-2-4-6-16/h2-13H,15H2,1H3,(H,28,29)/b18-11-. The van der Waals surface area contributed by atoms with Crippen molar-refractivity contribution in [3.63, 3.8) is 0 Å². The first-order valence-corrected chi connectivity index (χ1v) is 11.1. The molecule has 0 saturated heterocycles. The summed E-state index contributed by atoms with van der Waals surface area (Å²) in [5.74, 6) is 0.911.